The SMILES string of the molecule is CNCc1nnc(SCCO)n1-c1cccc(Cl)c1.Cl. The third-order valence-electron chi connectivity index (χ3n) is 2.42. The van der Waals surface area contributed by atoms with E-state index >= 15 is 0 Å². The lowest BCUT2D eigenvalue weighted by Crippen LogP contribution is -2.12. The molecule has 0 fully saturated rings. The van der Waals surface area contributed by atoms with E-state index in [1.54, 1.807) is 0 Å². The Bertz CT molecular complexity index is 550. The molecule has 0 atom stereocenters. The first-order chi connectivity index (χ1) is 9.26. The second-order valence-electron chi connectivity index (χ2n) is 3.82. The van der Waals surface area contributed by atoms with Gasteiger partial charge in [0, 0.05) is 10.8 Å². The van der Waals surface area contributed by atoms with Crippen LogP contribution in [0.4, 0.5) is 0 Å². The molecule has 2 N–H and O–H groups in total. The van der Waals surface area contributed by atoms with Crippen LogP contribution in [-0.4, -0.2) is 39.3 Å². The van der Waals surface area contributed by atoms with Gasteiger partial charge in [-0.25, -0.2) is 0 Å². The number of halogens is 2. The molecule has 2 rings (SSSR count). The Morgan fingerprint density at radius 3 is 2.85 bits per heavy atom. The van der Waals surface area contributed by atoms with E-state index < -0.39 is 0 Å². The van der Waals surface area contributed by atoms with Crippen LogP contribution in [0.2, 0.25) is 5.02 Å². The van der Waals surface area contributed by atoms with E-state index in [2.05, 4.69) is 15.5 Å². The fourth-order valence-corrected chi connectivity index (χ4v) is 2.57. The van der Waals surface area contributed by atoms with Gasteiger partial charge >= 0.3 is 0 Å². The molecule has 20 heavy (non-hydrogen) atoms. The van der Waals surface area contributed by atoms with Crippen molar-refractivity contribution in [2.24, 2.45) is 0 Å². The maximum absolute atomic E-state index is 8.93. The van der Waals surface area contributed by atoms with Crippen LogP contribution in [-0.2, 0) is 6.54 Å². The minimum atomic E-state index is 0. The number of aliphatic hydroxyl groups is 1. The minimum Gasteiger partial charge on any atom is -0.396 e. The summed E-state index contributed by atoms with van der Waals surface area (Å²) in [5, 5.41) is 21.7. The molecule has 110 valence electrons. The molecule has 0 radical (unpaired) electrons. The maximum atomic E-state index is 8.93. The Hall–Kier alpha value is -0.790. The van der Waals surface area contributed by atoms with Gasteiger partial charge in [-0.3, -0.25) is 4.57 Å². The monoisotopic (exact) mass is 334 g/mol. The fourth-order valence-electron chi connectivity index (χ4n) is 1.68. The van der Waals surface area contributed by atoms with Crippen LogP contribution in [0, 0.1) is 0 Å². The normalized spacial score (nSPS) is 10.3. The summed E-state index contributed by atoms with van der Waals surface area (Å²) >= 11 is 7.49. The molecule has 0 bridgehead atoms. The smallest absolute Gasteiger partial charge is 0.195 e. The van der Waals surface area contributed by atoms with Crippen molar-refractivity contribution in [2.75, 3.05) is 19.4 Å². The highest BCUT2D eigenvalue weighted by Crippen LogP contribution is 2.23. The van der Waals surface area contributed by atoms with Crippen molar-refractivity contribution in [3.63, 3.8) is 0 Å². The van der Waals surface area contributed by atoms with Gasteiger partial charge in [-0.2, -0.15) is 0 Å². The molecule has 1 heterocycles. The fraction of sp³-hybridized carbons (Fsp3) is 0.333. The molecule has 0 amide bonds. The highest BCUT2D eigenvalue weighted by Gasteiger charge is 2.13. The molecule has 5 nitrogen and oxygen atoms in total. The summed E-state index contributed by atoms with van der Waals surface area (Å²) in [6, 6.07) is 7.54. The van der Waals surface area contributed by atoms with Gasteiger partial charge in [-0.1, -0.05) is 29.4 Å². The van der Waals surface area contributed by atoms with Gasteiger partial charge in [0.15, 0.2) is 11.0 Å². The highest BCUT2D eigenvalue weighted by molar-refractivity contribution is 7.99. The van der Waals surface area contributed by atoms with Crippen molar-refractivity contribution >= 4 is 35.8 Å². The van der Waals surface area contributed by atoms with E-state index in [9.17, 15) is 0 Å². The van der Waals surface area contributed by atoms with Crippen molar-refractivity contribution < 1.29 is 5.11 Å². The summed E-state index contributed by atoms with van der Waals surface area (Å²) in [4.78, 5) is 0. The van der Waals surface area contributed by atoms with E-state index in [1.165, 1.54) is 11.8 Å². The predicted molar refractivity (Wildman–Crippen MR) is 84.2 cm³/mol. The van der Waals surface area contributed by atoms with Crippen LogP contribution in [0.25, 0.3) is 5.69 Å². The Labute approximate surface area is 133 Å². The summed E-state index contributed by atoms with van der Waals surface area (Å²) in [5.41, 5.74) is 0.920. The van der Waals surface area contributed by atoms with E-state index in [4.69, 9.17) is 16.7 Å². The first kappa shape index (κ1) is 17.3. The standard InChI is InChI=1S/C12H15ClN4OS.ClH/c1-14-8-11-15-16-12(19-6-5-18)17(11)10-4-2-3-9(13)7-10;/h2-4,7,14,18H,5-6,8H2,1H3;1H. The average Bonchev–Trinajstić information content (AvgIpc) is 2.80. The van der Waals surface area contributed by atoms with Gasteiger partial charge in [0.25, 0.3) is 0 Å². The lowest BCUT2D eigenvalue weighted by atomic mass is 10.3. The first-order valence-electron chi connectivity index (χ1n) is 5.84. The molecule has 0 aliphatic carbocycles. The van der Waals surface area contributed by atoms with Crippen LogP contribution < -0.4 is 5.32 Å². The lowest BCUT2D eigenvalue weighted by Gasteiger charge is -2.10. The zero-order valence-corrected chi connectivity index (χ0v) is 13.3. The van der Waals surface area contributed by atoms with Crippen molar-refractivity contribution in [1.29, 1.82) is 0 Å². The molecular formula is C12H16Cl2N4OS. The summed E-state index contributed by atoms with van der Waals surface area (Å²) in [6.45, 7) is 0.716. The number of rotatable bonds is 6. The van der Waals surface area contributed by atoms with Crippen LogP contribution >= 0.6 is 35.8 Å². The zero-order chi connectivity index (χ0) is 13.7. The molecule has 0 saturated heterocycles. The number of hydrogen-bond donors (Lipinski definition) is 2. The topological polar surface area (TPSA) is 63.0 Å². The molecule has 0 unspecified atom stereocenters. The number of thioether (sulfide) groups is 1. The molecule has 1 aromatic carbocycles. The summed E-state index contributed by atoms with van der Waals surface area (Å²) in [6.07, 6.45) is 0. The lowest BCUT2D eigenvalue weighted by molar-refractivity contribution is 0.322. The van der Waals surface area contributed by atoms with Crippen LogP contribution in [0.15, 0.2) is 29.4 Å². The first-order valence-corrected chi connectivity index (χ1v) is 7.21. The summed E-state index contributed by atoms with van der Waals surface area (Å²) in [7, 11) is 1.86. The molecule has 2 aromatic rings. The Morgan fingerprint density at radius 1 is 1.40 bits per heavy atom. The number of aromatic nitrogens is 3. The second kappa shape index (κ2) is 8.49. The molecule has 0 saturated carbocycles. The molecule has 1 aromatic heterocycles. The van der Waals surface area contributed by atoms with E-state index in [-0.39, 0.29) is 19.0 Å². The predicted octanol–water partition coefficient (Wildman–Crippen LogP) is 2.15. The van der Waals surface area contributed by atoms with Crippen LogP contribution in [0.5, 0.6) is 0 Å². The van der Waals surface area contributed by atoms with Crippen LogP contribution in [0.1, 0.15) is 5.82 Å². The van der Waals surface area contributed by atoms with Gasteiger partial charge in [-0.15, -0.1) is 22.6 Å². The highest BCUT2D eigenvalue weighted by atomic mass is 35.5. The average molecular weight is 335 g/mol. The van der Waals surface area contributed by atoms with Crippen molar-refractivity contribution in [3.05, 3.63) is 35.1 Å². The molecule has 0 spiro atoms. The van der Waals surface area contributed by atoms with Crippen molar-refractivity contribution in [1.82, 2.24) is 20.1 Å². The molecule has 0 aliphatic rings. The number of aliphatic hydroxyl groups excluding tert-OH is 1. The van der Waals surface area contributed by atoms with E-state index in [0.717, 1.165) is 16.7 Å². The molecular weight excluding hydrogens is 319 g/mol. The van der Waals surface area contributed by atoms with E-state index in [1.807, 2.05) is 35.9 Å². The van der Waals surface area contributed by atoms with Crippen molar-refractivity contribution in [2.45, 2.75) is 11.7 Å². The number of nitrogens with zero attached hydrogens (tertiary/aromatic N) is 3. The van der Waals surface area contributed by atoms with Crippen molar-refractivity contribution in [3.8, 4) is 5.69 Å². The molecule has 8 heteroatoms. The quantitative estimate of drug-likeness (QED) is 0.792. The van der Waals surface area contributed by atoms with Gasteiger partial charge in [-0.05, 0) is 25.2 Å². The third kappa shape index (κ3) is 4.10. The molecule has 0 aliphatic heterocycles. The Kier molecular flexibility index (Phi) is 7.32. The summed E-state index contributed by atoms with van der Waals surface area (Å²) < 4.78 is 1.95. The minimum absolute atomic E-state index is 0. The largest absolute Gasteiger partial charge is 0.396 e. The Balaban J connectivity index is 0.00000200. The van der Waals surface area contributed by atoms with Gasteiger partial charge in [0.1, 0.15) is 0 Å². The van der Waals surface area contributed by atoms with Crippen LogP contribution in [0.3, 0.4) is 0 Å². The number of hydrogen-bond acceptors (Lipinski definition) is 5. The summed E-state index contributed by atoms with van der Waals surface area (Å²) in [5.74, 6) is 1.39. The maximum Gasteiger partial charge on any atom is 0.195 e. The van der Waals surface area contributed by atoms with Gasteiger partial charge in [0.05, 0.1) is 18.8 Å². The third-order valence-corrected chi connectivity index (χ3v) is 3.57. The Morgan fingerprint density at radius 2 is 2.20 bits per heavy atom. The second-order valence-corrected chi connectivity index (χ2v) is 5.31. The number of benzene rings is 1. The van der Waals surface area contributed by atoms with Gasteiger partial charge < -0.3 is 10.4 Å². The number of nitrogens with one attached hydrogen (secondary N) is 1. The zero-order valence-electron chi connectivity index (χ0n) is 10.9. The van der Waals surface area contributed by atoms with E-state index in [0.29, 0.717) is 17.3 Å². The van der Waals surface area contributed by atoms with Gasteiger partial charge in [0.2, 0.25) is 0 Å².